The predicted octanol–water partition coefficient (Wildman–Crippen LogP) is 3.07. The minimum atomic E-state index is 0.228. The van der Waals surface area contributed by atoms with E-state index in [0.29, 0.717) is 12.3 Å². The fourth-order valence-corrected chi connectivity index (χ4v) is 3.13. The number of rotatable bonds is 4. The van der Waals surface area contributed by atoms with E-state index in [-0.39, 0.29) is 5.91 Å². The molecule has 23 heavy (non-hydrogen) atoms. The monoisotopic (exact) mass is 309 g/mol. The molecule has 120 valence electrons. The van der Waals surface area contributed by atoms with E-state index in [1.807, 2.05) is 54.4 Å². The molecule has 2 aromatic rings. The van der Waals surface area contributed by atoms with E-state index in [9.17, 15) is 4.79 Å². The first kappa shape index (κ1) is 15.5. The van der Waals surface area contributed by atoms with Crippen molar-refractivity contribution >= 4 is 11.7 Å². The number of aromatic nitrogens is 1. The third kappa shape index (κ3) is 3.89. The molecule has 0 unspecified atom stereocenters. The molecule has 1 fully saturated rings. The summed E-state index contributed by atoms with van der Waals surface area (Å²) in [4.78, 5) is 19.0. The van der Waals surface area contributed by atoms with E-state index >= 15 is 0 Å². The van der Waals surface area contributed by atoms with Gasteiger partial charge >= 0.3 is 0 Å². The molecule has 2 heterocycles. The van der Waals surface area contributed by atoms with Gasteiger partial charge in [0.25, 0.3) is 0 Å². The zero-order valence-electron chi connectivity index (χ0n) is 13.5. The highest BCUT2D eigenvalue weighted by molar-refractivity contribution is 5.78. The molecule has 0 atom stereocenters. The molecule has 1 amide bonds. The average Bonchev–Trinajstić information content (AvgIpc) is 2.63. The molecule has 3 rings (SSSR count). The van der Waals surface area contributed by atoms with Crippen LogP contribution in [-0.4, -0.2) is 35.9 Å². The van der Waals surface area contributed by atoms with E-state index < -0.39 is 0 Å². The molecule has 4 heteroatoms. The number of nitrogens with one attached hydrogen (secondary N) is 1. The summed E-state index contributed by atoms with van der Waals surface area (Å²) in [6, 6.07) is 16.1. The number of nitrogens with zero attached hydrogens (tertiary/aromatic N) is 2. The van der Waals surface area contributed by atoms with Crippen LogP contribution in [0.2, 0.25) is 0 Å². The van der Waals surface area contributed by atoms with Gasteiger partial charge in [0.15, 0.2) is 0 Å². The Labute approximate surface area is 137 Å². The van der Waals surface area contributed by atoms with Gasteiger partial charge in [-0.2, -0.15) is 0 Å². The summed E-state index contributed by atoms with van der Waals surface area (Å²) >= 11 is 0. The number of likely N-dealkylation sites (tertiary alicyclic amines) is 1. The zero-order chi connectivity index (χ0) is 16.1. The lowest BCUT2D eigenvalue weighted by atomic mass is 9.92. The Kier molecular flexibility index (Phi) is 4.91. The number of anilines is 1. The number of carbonyl (C=O) groups excluding carboxylic acids is 1. The number of hydrogen-bond acceptors (Lipinski definition) is 3. The van der Waals surface area contributed by atoms with Crippen molar-refractivity contribution in [3.8, 4) is 0 Å². The predicted molar refractivity (Wildman–Crippen MR) is 92.5 cm³/mol. The number of pyridine rings is 1. The van der Waals surface area contributed by atoms with Crippen molar-refractivity contribution in [2.24, 2.45) is 0 Å². The topological polar surface area (TPSA) is 45.2 Å². The van der Waals surface area contributed by atoms with Crippen LogP contribution in [0.1, 0.15) is 30.0 Å². The second-order valence-corrected chi connectivity index (χ2v) is 6.02. The Morgan fingerprint density at radius 1 is 1.13 bits per heavy atom. The molecular formula is C19H23N3O. The molecule has 0 bridgehead atoms. The first-order chi connectivity index (χ1) is 11.3. The fourth-order valence-electron chi connectivity index (χ4n) is 3.13. The van der Waals surface area contributed by atoms with Gasteiger partial charge < -0.3 is 10.2 Å². The van der Waals surface area contributed by atoms with Gasteiger partial charge in [0.1, 0.15) is 5.82 Å². The number of carbonyl (C=O) groups is 1. The fraction of sp³-hybridized carbons (Fsp3) is 0.368. The maximum atomic E-state index is 12.4. The highest BCUT2D eigenvalue weighted by Gasteiger charge is 2.24. The normalized spacial score (nSPS) is 15.4. The Morgan fingerprint density at radius 2 is 1.87 bits per heavy atom. The van der Waals surface area contributed by atoms with Crippen molar-refractivity contribution < 1.29 is 4.79 Å². The Hall–Kier alpha value is -2.36. The molecule has 1 aliphatic heterocycles. The molecule has 0 spiro atoms. The maximum absolute atomic E-state index is 12.4. The molecule has 4 nitrogen and oxygen atoms in total. The van der Waals surface area contributed by atoms with Gasteiger partial charge in [-0.25, -0.2) is 4.98 Å². The van der Waals surface area contributed by atoms with Crippen molar-refractivity contribution in [3.05, 3.63) is 59.8 Å². The summed E-state index contributed by atoms with van der Waals surface area (Å²) in [7, 11) is 1.89. The van der Waals surface area contributed by atoms with Crippen LogP contribution in [0.4, 0.5) is 5.82 Å². The van der Waals surface area contributed by atoms with Gasteiger partial charge in [-0.3, -0.25) is 4.79 Å². The molecule has 0 aliphatic carbocycles. The van der Waals surface area contributed by atoms with E-state index in [0.717, 1.165) is 43.0 Å². The summed E-state index contributed by atoms with van der Waals surface area (Å²) in [5.74, 6) is 1.58. The second-order valence-electron chi connectivity index (χ2n) is 6.02. The molecule has 1 aromatic carbocycles. The standard InChI is InChI=1S/C19H23N3O/c1-20-18-9-5-8-17(21-18)16-10-12-22(13-11-16)19(23)14-15-6-3-2-4-7-15/h2-9,16H,10-14H2,1H3,(H,20,21). The SMILES string of the molecule is CNc1cccc(C2CCN(C(=O)Cc3ccccc3)CC2)n1. The van der Waals surface area contributed by atoms with Crippen LogP contribution < -0.4 is 5.32 Å². The first-order valence-corrected chi connectivity index (χ1v) is 8.22. The lowest BCUT2D eigenvalue weighted by Gasteiger charge is -2.32. The van der Waals surface area contributed by atoms with Crippen LogP contribution in [0.5, 0.6) is 0 Å². The zero-order valence-corrected chi connectivity index (χ0v) is 13.5. The van der Waals surface area contributed by atoms with Crippen molar-refractivity contribution in [2.75, 3.05) is 25.5 Å². The van der Waals surface area contributed by atoms with Crippen LogP contribution in [0.15, 0.2) is 48.5 Å². The smallest absolute Gasteiger partial charge is 0.226 e. The molecule has 1 aromatic heterocycles. The summed E-state index contributed by atoms with van der Waals surface area (Å²) in [5, 5.41) is 3.09. The van der Waals surface area contributed by atoms with Crippen LogP contribution in [0.3, 0.4) is 0 Å². The minimum absolute atomic E-state index is 0.228. The van der Waals surface area contributed by atoms with Crippen LogP contribution in [-0.2, 0) is 11.2 Å². The summed E-state index contributed by atoms with van der Waals surface area (Å²) in [6.45, 7) is 1.64. The summed E-state index contributed by atoms with van der Waals surface area (Å²) in [6.07, 6.45) is 2.47. The lowest BCUT2D eigenvalue weighted by molar-refractivity contribution is -0.131. The van der Waals surface area contributed by atoms with Crippen molar-refractivity contribution in [3.63, 3.8) is 0 Å². The van der Waals surface area contributed by atoms with E-state index in [1.165, 1.54) is 0 Å². The minimum Gasteiger partial charge on any atom is -0.373 e. The van der Waals surface area contributed by atoms with Crippen molar-refractivity contribution in [1.29, 1.82) is 0 Å². The van der Waals surface area contributed by atoms with Gasteiger partial charge in [-0.15, -0.1) is 0 Å². The number of amides is 1. The van der Waals surface area contributed by atoms with Crippen LogP contribution in [0, 0.1) is 0 Å². The third-order valence-electron chi connectivity index (χ3n) is 4.49. The van der Waals surface area contributed by atoms with Gasteiger partial charge in [-0.1, -0.05) is 36.4 Å². The Balaban J connectivity index is 1.56. The van der Waals surface area contributed by atoms with Crippen LogP contribution in [0.25, 0.3) is 0 Å². The molecule has 1 saturated heterocycles. The van der Waals surface area contributed by atoms with Gasteiger partial charge in [0.2, 0.25) is 5.91 Å². The van der Waals surface area contributed by atoms with E-state index in [2.05, 4.69) is 16.4 Å². The number of piperidine rings is 1. The Morgan fingerprint density at radius 3 is 2.57 bits per heavy atom. The van der Waals surface area contributed by atoms with Crippen LogP contribution >= 0.6 is 0 Å². The lowest BCUT2D eigenvalue weighted by Crippen LogP contribution is -2.38. The molecular weight excluding hydrogens is 286 g/mol. The van der Waals surface area contributed by atoms with Crippen molar-refractivity contribution in [2.45, 2.75) is 25.2 Å². The maximum Gasteiger partial charge on any atom is 0.226 e. The first-order valence-electron chi connectivity index (χ1n) is 8.22. The molecule has 0 radical (unpaired) electrons. The summed E-state index contributed by atoms with van der Waals surface area (Å²) < 4.78 is 0. The average molecular weight is 309 g/mol. The van der Waals surface area contributed by atoms with Gasteiger partial charge in [0.05, 0.1) is 6.42 Å². The molecule has 0 saturated carbocycles. The van der Waals surface area contributed by atoms with Gasteiger partial charge in [0, 0.05) is 31.7 Å². The third-order valence-corrected chi connectivity index (χ3v) is 4.49. The van der Waals surface area contributed by atoms with E-state index in [4.69, 9.17) is 0 Å². The summed E-state index contributed by atoms with van der Waals surface area (Å²) in [5.41, 5.74) is 2.22. The molecule has 1 N–H and O–H groups in total. The van der Waals surface area contributed by atoms with Crippen molar-refractivity contribution in [1.82, 2.24) is 9.88 Å². The number of benzene rings is 1. The second kappa shape index (κ2) is 7.27. The van der Waals surface area contributed by atoms with Gasteiger partial charge in [-0.05, 0) is 30.5 Å². The highest BCUT2D eigenvalue weighted by Crippen LogP contribution is 2.27. The largest absolute Gasteiger partial charge is 0.373 e. The molecule has 1 aliphatic rings. The van der Waals surface area contributed by atoms with E-state index in [1.54, 1.807) is 0 Å². The number of hydrogen-bond donors (Lipinski definition) is 1. The quantitative estimate of drug-likeness (QED) is 0.944. The Bertz CT molecular complexity index is 649. The highest BCUT2D eigenvalue weighted by atomic mass is 16.2.